The molecule has 138 valence electrons. The molecule has 0 aliphatic rings. The second kappa shape index (κ2) is 12.6. The molecule has 0 aliphatic heterocycles. The normalized spacial score (nSPS) is 11.0. The molecule has 0 aliphatic carbocycles. The van der Waals surface area contributed by atoms with E-state index in [9.17, 15) is 0 Å². The molecule has 0 amide bonds. The monoisotopic (exact) mass is 459 g/mol. The Labute approximate surface area is 165 Å². The molecule has 0 aromatic carbocycles. The van der Waals surface area contributed by atoms with Crippen molar-refractivity contribution in [3.05, 3.63) is 42.2 Å². The third-order valence-electron chi connectivity index (χ3n) is 3.38. The standard InChI is InChI=1S/C16H25N7O.HI/c1-3-15-22-21-13-23(15)10-8-18-16(19-9-11-24-2)20-12-14-6-4-5-7-17-14;/h4-7,13H,3,8-12H2,1-2H3,(H2,18,19,20);1H. The van der Waals surface area contributed by atoms with E-state index in [-0.39, 0.29) is 24.0 Å². The number of hydrogen-bond donors (Lipinski definition) is 2. The van der Waals surface area contributed by atoms with Crippen LogP contribution in [0.2, 0.25) is 0 Å². The zero-order chi connectivity index (χ0) is 17.0. The van der Waals surface area contributed by atoms with Crippen molar-refractivity contribution >= 4 is 29.9 Å². The first-order chi connectivity index (χ1) is 11.8. The van der Waals surface area contributed by atoms with Crippen molar-refractivity contribution < 1.29 is 4.74 Å². The average molecular weight is 459 g/mol. The van der Waals surface area contributed by atoms with Crippen LogP contribution >= 0.6 is 24.0 Å². The van der Waals surface area contributed by atoms with Gasteiger partial charge in [-0.15, -0.1) is 34.2 Å². The van der Waals surface area contributed by atoms with Crippen LogP contribution in [-0.2, 0) is 24.2 Å². The van der Waals surface area contributed by atoms with Crippen LogP contribution in [0.15, 0.2) is 35.7 Å². The Morgan fingerprint density at radius 3 is 2.84 bits per heavy atom. The van der Waals surface area contributed by atoms with Crippen molar-refractivity contribution in [2.75, 3.05) is 26.8 Å². The molecular weight excluding hydrogens is 433 g/mol. The highest BCUT2D eigenvalue weighted by atomic mass is 127. The summed E-state index contributed by atoms with van der Waals surface area (Å²) < 4.78 is 7.11. The molecule has 0 atom stereocenters. The van der Waals surface area contributed by atoms with Crippen LogP contribution in [-0.4, -0.2) is 52.5 Å². The molecule has 2 rings (SSSR count). The Hall–Kier alpha value is -1.75. The Morgan fingerprint density at radius 1 is 1.28 bits per heavy atom. The van der Waals surface area contributed by atoms with Crippen LogP contribution in [0, 0.1) is 0 Å². The van der Waals surface area contributed by atoms with E-state index in [0.29, 0.717) is 19.7 Å². The van der Waals surface area contributed by atoms with Crippen molar-refractivity contribution in [2.45, 2.75) is 26.4 Å². The molecule has 0 bridgehead atoms. The van der Waals surface area contributed by atoms with E-state index < -0.39 is 0 Å². The first-order valence-electron chi connectivity index (χ1n) is 8.11. The number of aromatic nitrogens is 4. The molecule has 2 aromatic rings. The highest BCUT2D eigenvalue weighted by Gasteiger charge is 2.03. The predicted octanol–water partition coefficient (Wildman–Crippen LogP) is 1.24. The summed E-state index contributed by atoms with van der Waals surface area (Å²) in [6.07, 6.45) is 4.39. The summed E-state index contributed by atoms with van der Waals surface area (Å²) in [6, 6.07) is 5.82. The topological polar surface area (TPSA) is 89.3 Å². The van der Waals surface area contributed by atoms with E-state index in [1.807, 2.05) is 22.8 Å². The summed E-state index contributed by atoms with van der Waals surface area (Å²) in [7, 11) is 1.68. The smallest absolute Gasteiger partial charge is 0.191 e. The van der Waals surface area contributed by atoms with Gasteiger partial charge in [0.15, 0.2) is 5.96 Å². The van der Waals surface area contributed by atoms with Crippen LogP contribution in [0.1, 0.15) is 18.4 Å². The summed E-state index contributed by atoms with van der Waals surface area (Å²) >= 11 is 0. The number of halogens is 1. The number of guanidine groups is 1. The molecule has 2 aromatic heterocycles. The van der Waals surface area contributed by atoms with Gasteiger partial charge in [0.25, 0.3) is 0 Å². The lowest BCUT2D eigenvalue weighted by atomic mass is 10.3. The van der Waals surface area contributed by atoms with Crippen LogP contribution < -0.4 is 10.6 Å². The second-order valence-corrected chi connectivity index (χ2v) is 5.13. The maximum Gasteiger partial charge on any atom is 0.191 e. The van der Waals surface area contributed by atoms with Crippen molar-refractivity contribution in [2.24, 2.45) is 4.99 Å². The predicted molar refractivity (Wildman–Crippen MR) is 108 cm³/mol. The number of hydrogen-bond acceptors (Lipinski definition) is 5. The molecule has 0 spiro atoms. The van der Waals surface area contributed by atoms with Gasteiger partial charge in [-0.25, -0.2) is 4.99 Å². The van der Waals surface area contributed by atoms with Gasteiger partial charge in [0.05, 0.1) is 18.8 Å². The molecule has 25 heavy (non-hydrogen) atoms. The molecule has 2 heterocycles. The summed E-state index contributed by atoms with van der Waals surface area (Å²) in [5.41, 5.74) is 0.928. The summed E-state index contributed by atoms with van der Waals surface area (Å²) in [4.78, 5) is 8.85. The fraction of sp³-hybridized carbons (Fsp3) is 0.500. The van der Waals surface area contributed by atoms with Gasteiger partial charge >= 0.3 is 0 Å². The van der Waals surface area contributed by atoms with E-state index in [0.717, 1.165) is 37.0 Å². The maximum absolute atomic E-state index is 5.07. The number of ether oxygens (including phenoxy) is 1. The summed E-state index contributed by atoms with van der Waals surface area (Å²) in [5, 5.41) is 14.6. The van der Waals surface area contributed by atoms with Gasteiger partial charge in [-0.2, -0.15) is 0 Å². The number of pyridine rings is 1. The molecule has 2 N–H and O–H groups in total. The van der Waals surface area contributed by atoms with Crippen molar-refractivity contribution in [1.29, 1.82) is 0 Å². The van der Waals surface area contributed by atoms with E-state index in [1.54, 1.807) is 19.6 Å². The second-order valence-electron chi connectivity index (χ2n) is 5.13. The van der Waals surface area contributed by atoms with Crippen LogP contribution in [0.3, 0.4) is 0 Å². The fourth-order valence-corrected chi connectivity index (χ4v) is 2.13. The Morgan fingerprint density at radius 2 is 2.12 bits per heavy atom. The lowest BCUT2D eigenvalue weighted by Crippen LogP contribution is -2.40. The van der Waals surface area contributed by atoms with Crippen LogP contribution in [0.4, 0.5) is 0 Å². The Bertz CT molecular complexity index is 618. The number of aliphatic imine (C=N–C) groups is 1. The highest BCUT2D eigenvalue weighted by molar-refractivity contribution is 14.0. The first-order valence-corrected chi connectivity index (χ1v) is 8.11. The van der Waals surface area contributed by atoms with Crippen LogP contribution in [0.5, 0.6) is 0 Å². The third-order valence-corrected chi connectivity index (χ3v) is 3.38. The molecule has 0 fully saturated rings. The lowest BCUT2D eigenvalue weighted by molar-refractivity contribution is 0.203. The van der Waals surface area contributed by atoms with Crippen LogP contribution in [0.25, 0.3) is 0 Å². The average Bonchev–Trinajstić information content (AvgIpc) is 3.08. The number of nitrogens with one attached hydrogen (secondary N) is 2. The largest absolute Gasteiger partial charge is 0.383 e. The minimum Gasteiger partial charge on any atom is -0.383 e. The molecule has 8 nitrogen and oxygen atoms in total. The van der Waals surface area contributed by atoms with Gasteiger partial charge in [0.1, 0.15) is 12.2 Å². The number of nitrogens with zero attached hydrogens (tertiary/aromatic N) is 5. The number of methoxy groups -OCH3 is 1. The lowest BCUT2D eigenvalue weighted by Gasteiger charge is -2.13. The SMILES string of the molecule is CCc1nncn1CCNC(=NCc1ccccn1)NCCOC.I. The Kier molecular flexibility index (Phi) is 10.7. The van der Waals surface area contributed by atoms with Crippen molar-refractivity contribution in [3.8, 4) is 0 Å². The summed E-state index contributed by atoms with van der Waals surface area (Å²) in [6.45, 7) is 5.42. The van der Waals surface area contributed by atoms with E-state index in [2.05, 4.69) is 37.7 Å². The molecule has 0 saturated carbocycles. The summed E-state index contributed by atoms with van der Waals surface area (Å²) in [5.74, 6) is 1.72. The Balaban J connectivity index is 0.00000312. The fourth-order valence-electron chi connectivity index (χ4n) is 2.13. The van der Waals surface area contributed by atoms with Gasteiger partial charge < -0.3 is 19.9 Å². The molecule has 0 saturated heterocycles. The van der Waals surface area contributed by atoms with Gasteiger partial charge in [0, 0.05) is 39.4 Å². The van der Waals surface area contributed by atoms with Gasteiger partial charge in [-0.3, -0.25) is 4.98 Å². The quantitative estimate of drug-likeness (QED) is 0.254. The van der Waals surface area contributed by atoms with E-state index in [1.165, 1.54) is 0 Å². The third kappa shape index (κ3) is 7.78. The highest BCUT2D eigenvalue weighted by Crippen LogP contribution is 1.96. The van der Waals surface area contributed by atoms with Gasteiger partial charge in [-0.05, 0) is 12.1 Å². The minimum atomic E-state index is 0. The number of aryl methyl sites for hydroxylation is 1. The molecule has 0 radical (unpaired) electrons. The van der Waals surface area contributed by atoms with Crippen molar-refractivity contribution in [1.82, 2.24) is 30.4 Å². The molecular formula is C16H26IN7O. The minimum absolute atomic E-state index is 0. The van der Waals surface area contributed by atoms with Gasteiger partial charge in [0.2, 0.25) is 0 Å². The van der Waals surface area contributed by atoms with E-state index in [4.69, 9.17) is 4.74 Å². The zero-order valence-electron chi connectivity index (χ0n) is 14.7. The first kappa shape index (κ1) is 21.3. The molecule has 9 heteroatoms. The maximum atomic E-state index is 5.07. The van der Waals surface area contributed by atoms with Crippen molar-refractivity contribution in [3.63, 3.8) is 0 Å². The van der Waals surface area contributed by atoms with E-state index >= 15 is 0 Å². The van der Waals surface area contributed by atoms with Gasteiger partial charge in [-0.1, -0.05) is 13.0 Å². The molecule has 0 unspecified atom stereocenters. The number of rotatable bonds is 9. The zero-order valence-corrected chi connectivity index (χ0v) is 17.0.